The highest BCUT2D eigenvalue weighted by Crippen LogP contribution is 2.42. The molecule has 1 aromatic carbocycles. The van der Waals surface area contributed by atoms with Crippen LogP contribution in [0.5, 0.6) is 0 Å². The molecule has 0 aliphatic carbocycles. The van der Waals surface area contributed by atoms with Crippen LogP contribution in [0, 0.1) is 13.8 Å². The molecule has 3 heterocycles. The van der Waals surface area contributed by atoms with E-state index in [1.54, 1.807) is 11.3 Å². The molecule has 1 saturated heterocycles. The molecule has 1 aliphatic rings. The SMILES string of the molecule is CNc1nc(C2(c3ccccc3)CCN(C(=O)c3c(C)n[nH]c3C)CC2)cs1. The highest BCUT2D eigenvalue weighted by atomic mass is 32.1. The number of piperidine rings is 1. The first-order valence-electron chi connectivity index (χ1n) is 9.55. The molecule has 4 rings (SSSR count). The number of anilines is 1. The number of carbonyl (C=O) groups excluding carboxylic acids is 1. The van der Waals surface area contributed by atoms with Gasteiger partial charge >= 0.3 is 0 Å². The molecule has 1 aliphatic heterocycles. The Balaban J connectivity index is 1.63. The van der Waals surface area contributed by atoms with Crippen molar-refractivity contribution in [3.63, 3.8) is 0 Å². The van der Waals surface area contributed by atoms with Crippen LogP contribution in [0.25, 0.3) is 0 Å². The maximum absolute atomic E-state index is 13.1. The highest BCUT2D eigenvalue weighted by Gasteiger charge is 2.41. The summed E-state index contributed by atoms with van der Waals surface area (Å²) in [7, 11) is 1.90. The van der Waals surface area contributed by atoms with E-state index >= 15 is 0 Å². The van der Waals surface area contributed by atoms with Gasteiger partial charge in [0.15, 0.2) is 5.13 Å². The lowest BCUT2D eigenvalue weighted by molar-refractivity contribution is 0.0683. The number of nitrogens with zero attached hydrogens (tertiary/aromatic N) is 3. The third-order valence-corrected chi connectivity index (χ3v) is 6.64. The van der Waals surface area contributed by atoms with E-state index in [1.165, 1.54) is 5.56 Å². The van der Waals surface area contributed by atoms with E-state index in [1.807, 2.05) is 31.9 Å². The molecular weight excluding hydrogens is 370 g/mol. The summed E-state index contributed by atoms with van der Waals surface area (Å²) in [4.78, 5) is 19.9. The van der Waals surface area contributed by atoms with Crippen molar-refractivity contribution in [3.05, 3.63) is 63.9 Å². The Morgan fingerprint density at radius 1 is 1.21 bits per heavy atom. The van der Waals surface area contributed by atoms with E-state index in [0.29, 0.717) is 18.7 Å². The summed E-state index contributed by atoms with van der Waals surface area (Å²) in [6, 6.07) is 10.6. The van der Waals surface area contributed by atoms with Gasteiger partial charge in [0.2, 0.25) is 0 Å². The van der Waals surface area contributed by atoms with Crippen LogP contribution in [0.2, 0.25) is 0 Å². The molecule has 0 radical (unpaired) electrons. The van der Waals surface area contributed by atoms with Gasteiger partial charge in [0.1, 0.15) is 0 Å². The minimum Gasteiger partial charge on any atom is -0.365 e. The first-order chi connectivity index (χ1) is 13.5. The van der Waals surface area contributed by atoms with Gasteiger partial charge in [-0.05, 0) is 32.3 Å². The minimum absolute atomic E-state index is 0.0691. The molecule has 2 N–H and O–H groups in total. The Morgan fingerprint density at radius 2 is 1.93 bits per heavy atom. The fourth-order valence-corrected chi connectivity index (χ4v) is 4.94. The lowest BCUT2D eigenvalue weighted by Gasteiger charge is -2.41. The summed E-state index contributed by atoms with van der Waals surface area (Å²) in [5.74, 6) is 0.0691. The summed E-state index contributed by atoms with van der Waals surface area (Å²) in [5, 5.41) is 13.3. The van der Waals surface area contributed by atoms with Crippen LogP contribution in [0.4, 0.5) is 5.13 Å². The fraction of sp³-hybridized carbons (Fsp3) is 0.381. The first-order valence-corrected chi connectivity index (χ1v) is 10.4. The van der Waals surface area contributed by atoms with Gasteiger partial charge in [0, 0.05) is 36.6 Å². The number of nitrogens with one attached hydrogen (secondary N) is 2. The van der Waals surface area contributed by atoms with Crippen LogP contribution in [-0.4, -0.2) is 46.1 Å². The molecule has 3 aromatic rings. The van der Waals surface area contributed by atoms with E-state index in [2.05, 4.69) is 45.2 Å². The van der Waals surface area contributed by atoms with Crippen molar-refractivity contribution in [2.75, 3.05) is 25.5 Å². The number of aromatic nitrogens is 3. The van der Waals surface area contributed by atoms with E-state index < -0.39 is 0 Å². The normalized spacial score (nSPS) is 16.2. The second-order valence-electron chi connectivity index (χ2n) is 7.34. The largest absolute Gasteiger partial charge is 0.365 e. The van der Waals surface area contributed by atoms with Crippen molar-refractivity contribution < 1.29 is 4.79 Å². The van der Waals surface area contributed by atoms with Crippen molar-refractivity contribution >= 4 is 22.4 Å². The lowest BCUT2D eigenvalue weighted by atomic mass is 9.70. The Hall–Kier alpha value is -2.67. The molecule has 0 atom stereocenters. The molecule has 0 spiro atoms. The van der Waals surface area contributed by atoms with Crippen molar-refractivity contribution in [1.82, 2.24) is 20.1 Å². The van der Waals surface area contributed by atoms with Crippen LogP contribution in [0.1, 0.15) is 45.8 Å². The number of hydrogen-bond acceptors (Lipinski definition) is 5. The van der Waals surface area contributed by atoms with Gasteiger partial charge in [-0.1, -0.05) is 30.3 Å². The second kappa shape index (κ2) is 7.39. The maximum Gasteiger partial charge on any atom is 0.257 e. The number of rotatable bonds is 4. The van der Waals surface area contributed by atoms with Gasteiger partial charge in [-0.25, -0.2) is 4.98 Å². The number of H-pyrrole nitrogens is 1. The summed E-state index contributed by atoms with van der Waals surface area (Å²) >= 11 is 1.63. The van der Waals surface area contributed by atoms with Crippen LogP contribution in [0.15, 0.2) is 35.7 Å². The van der Waals surface area contributed by atoms with Gasteiger partial charge < -0.3 is 10.2 Å². The van der Waals surface area contributed by atoms with Crippen molar-refractivity contribution in [3.8, 4) is 0 Å². The van der Waals surface area contributed by atoms with E-state index in [0.717, 1.165) is 35.1 Å². The van der Waals surface area contributed by atoms with Crippen molar-refractivity contribution in [2.45, 2.75) is 32.1 Å². The van der Waals surface area contributed by atoms with Gasteiger partial charge in [0.25, 0.3) is 5.91 Å². The Labute approximate surface area is 169 Å². The third-order valence-electron chi connectivity index (χ3n) is 5.78. The second-order valence-corrected chi connectivity index (χ2v) is 8.20. The molecule has 146 valence electrons. The zero-order valence-corrected chi connectivity index (χ0v) is 17.3. The Kier molecular flexibility index (Phi) is 4.93. The summed E-state index contributed by atoms with van der Waals surface area (Å²) in [6.07, 6.45) is 1.71. The van der Waals surface area contributed by atoms with Gasteiger partial charge in [-0.15, -0.1) is 11.3 Å². The fourth-order valence-electron chi connectivity index (χ4n) is 4.17. The monoisotopic (exact) mass is 395 g/mol. The molecule has 7 heteroatoms. The minimum atomic E-state index is -0.163. The number of carbonyl (C=O) groups is 1. The summed E-state index contributed by atoms with van der Waals surface area (Å²) in [5.41, 5.74) is 4.51. The van der Waals surface area contributed by atoms with E-state index in [4.69, 9.17) is 4.98 Å². The summed E-state index contributed by atoms with van der Waals surface area (Å²) < 4.78 is 0. The van der Waals surface area contributed by atoms with E-state index in [9.17, 15) is 4.79 Å². The molecule has 6 nitrogen and oxygen atoms in total. The quantitative estimate of drug-likeness (QED) is 0.706. The topological polar surface area (TPSA) is 73.9 Å². The molecule has 0 saturated carbocycles. The van der Waals surface area contributed by atoms with Crippen LogP contribution < -0.4 is 5.32 Å². The molecule has 2 aromatic heterocycles. The van der Waals surface area contributed by atoms with Crippen LogP contribution in [0.3, 0.4) is 0 Å². The number of benzene rings is 1. The predicted octanol–water partition coefficient (Wildman–Crippen LogP) is 3.75. The number of likely N-dealkylation sites (tertiary alicyclic amines) is 1. The molecular formula is C21H25N5OS. The number of aromatic amines is 1. The average Bonchev–Trinajstić information content (AvgIpc) is 3.35. The number of thiazole rings is 1. The van der Waals surface area contributed by atoms with Gasteiger partial charge in [0.05, 0.1) is 17.0 Å². The molecule has 0 unspecified atom stereocenters. The van der Waals surface area contributed by atoms with Crippen molar-refractivity contribution in [1.29, 1.82) is 0 Å². The third kappa shape index (κ3) is 3.09. The Bertz CT molecular complexity index is 950. The van der Waals surface area contributed by atoms with Crippen LogP contribution >= 0.6 is 11.3 Å². The average molecular weight is 396 g/mol. The highest BCUT2D eigenvalue weighted by molar-refractivity contribution is 7.13. The number of hydrogen-bond donors (Lipinski definition) is 2. The van der Waals surface area contributed by atoms with Crippen molar-refractivity contribution in [2.24, 2.45) is 0 Å². The lowest BCUT2D eigenvalue weighted by Crippen LogP contribution is -2.46. The summed E-state index contributed by atoms with van der Waals surface area (Å²) in [6.45, 7) is 5.18. The molecule has 1 fully saturated rings. The van der Waals surface area contributed by atoms with Gasteiger partial charge in [-0.2, -0.15) is 5.10 Å². The predicted molar refractivity (Wildman–Crippen MR) is 112 cm³/mol. The first kappa shape index (κ1) is 18.7. The zero-order chi connectivity index (χ0) is 19.7. The molecule has 1 amide bonds. The zero-order valence-electron chi connectivity index (χ0n) is 16.5. The number of amides is 1. The number of aryl methyl sites for hydroxylation is 2. The molecule has 28 heavy (non-hydrogen) atoms. The standard InChI is InChI=1S/C21H25N5OS/c1-14-18(15(2)25-24-14)19(27)26-11-9-21(10-12-26,16-7-5-4-6-8-16)17-13-28-20(22-3)23-17/h4-8,13H,9-12H2,1-3H3,(H,22,23)(H,24,25). The van der Waals surface area contributed by atoms with Gasteiger partial charge in [-0.3, -0.25) is 9.89 Å². The van der Waals surface area contributed by atoms with Crippen LogP contribution in [-0.2, 0) is 5.41 Å². The smallest absolute Gasteiger partial charge is 0.257 e. The van der Waals surface area contributed by atoms with E-state index in [-0.39, 0.29) is 11.3 Å². The molecule has 0 bridgehead atoms. The Morgan fingerprint density at radius 3 is 2.50 bits per heavy atom. The maximum atomic E-state index is 13.1.